The van der Waals surface area contributed by atoms with E-state index in [1.165, 1.54) is 0 Å². The predicted octanol–water partition coefficient (Wildman–Crippen LogP) is 1.33. The summed E-state index contributed by atoms with van der Waals surface area (Å²) >= 11 is 0. The molecule has 2 aromatic heterocycles. The Kier molecular flexibility index (Phi) is 5.29. The highest BCUT2D eigenvalue weighted by Crippen LogP contribution is 2.24. The van der Waals surface area contributed by atoms with E-state index in [-0.39, 0.29) is 5.91 Å². The van der Waals surface area contributed by atoms with Crippen LogP contribution < -0.4 is 4.90 Å². The van der Waals surface area contributed by atoms with Crippen LogP contribution in [-0.4, -0.2) is 77.0 Å². The van der Waals surface area contributed by atoms with Gasteiger partial charge in [0, 0.05) is 51.2 Å². The molecule has 7 nitrogen and oxygen atoms in total. The maximum absolute atomic E-state index is 12.8. The highest BCUT2D eigenvalue weighted by molar-refractivity contribution is 5.92. The van der Waals surface area contributed by atoms with Crippen molar-refractivity contribution in [1.29, 1.82) is 0 Å². The van der Waals surface area contributed by atoms with Gasteiger partial charge in [-0.25, -0.2) is 4.98 Å². The topological polar surface area (TPSA) is 65.5 Å². The maximum atomic E-state index is 12.8. The number of aromatic nitrogens is 3. The van der Waals surface area contributed by atoms with Crippen LogP contribution in [-0.2, 0) is 6.42 Å². The summed E-state index contributed by atoms with van der Waals surface area (Å²) in [5, 5.41) is 0. The maximum Gasteiger partial charge on any atom is 0.274 e. The zero-order valence-electron chi connectivity index (χ0n) is 15.8. The molecule has 2 fully saturated rings. The Morgan fingerprint density at radius 1 is 1.15 bits per heavy atom. The number of likely N-dealkylation sites (N-methyl/N-ethyl adjacent to an activating group) is 1. The van der Waals surface area contributed by atoms with Crippen molar-refractivity contribution in [3.05, 3.63) is 48.2 Å². The van der Waals surface area contributed by atoms with Crippen LogP contribution in [0.25, 0.3) is 0 Å². The SMILES string of the molecule is CN1CCN(C(=O)c2cncc(N3CCC(Cc4ccccn4)C3)n2)CC1. The molecule has 142 valence electrons. The Hall–Kier alpha value is -2.54. The van der Waals surface area contributed by atoms with Crippen LogP contribution in [0, 0.1) is 5.92 Å². The van der Waals surface area contributed by atoms with Crippen LogP contribution in [0.3, 0.4) is 0 Å². The fourth-order valence-electron chi connectivity index (χ4n) is 3.80. The number of piperazine rings is 1. The van der Waals surface area contributed by atoms with Crippen molar-refractivity contribution < 1.29 is 4.79 Å². The summed E-state index contributed by atoms with van der Waals surface area (Å²) in [5.41, 5.74) is 1.58. The normalized spacial score (nSPS) is 20.9. The summed E-state index contributed by atoms with van der Waals surface area (Å²) in [6.07, 6.45) is 7.29. The largest absolute Gasteiger partial charge is 0.355 e. The molecule has 4 rings (SSSR count). The average molecular weight is 366 g/mol. The lowest BCUT2D eigenvalue weighted by Gasteiger charge is -2.32. The molecule has 2 aromatic rings. The van der Waals surface area contributed by atoms with Gasteiger partial charge in [-0.1, -0.05) is 6.07 Å². The molecule has 2 aliphatic heterocycles. The molecule has 7 heteroatoms. The number of anilines is 1. The first-order valence-electron chi connectivity index (χ1n) is 9.64. The second-order valence-corrected chi connectivity index (χ2v) is 7.48. The Morgan fingerprint density at radius 3 is 2.78 bits per heavy atom. The van der Waals surface area contributed by atoms with Gasteiger partial charge >= 0.3 is 0 Å². The van der Waals surface area contributed by atoms with E-state index in [0.717, 1.165) is 63.6 Å². The van der Waals surface area contributed by atoms with Crippen LogP contribution in [0.2, 0.25) is 0 Å². The molecule has 0 aliphatic carbocycles. The number of amides is 1. The van der Waals surface area contributed by atoms with E-state index in [4.69, 9.17) is 0 Å². The molecule has 1 unspecified atom stereocenters. The van der Waals surface area contributed by atoms with Gasteiger partial charge in [0.2, 0.25) is 0 Å². The third-order valence-electron chi connectivity index (χ3n) is 5.47. The molecule has 0 bridgehead atoms. The standard InChI is InChI=1S/C20H26N6O/c1-24-8-10-25(11-9-24)20(27)18-13-21-14-19(23-18)26-7-5-16(15-26)12-17-4-2-3-6-22-17/h2-4,6,13-14,16H,5,7-12,15H2,1H3. The molecule has 27 heavy (non-hydrogen) atoms. The van der Waals surface area contributed by atoms with Crippen LogP contribution in [0.5, 0.6) is 0 Å². The van der Waals surface area contributed by atoms with Crippen molar-refractivity contribution >= 4 is 11.7 Å². The molecular formula is C20H26N6O. The van der Waals surface area contributed by atoms with E-state index in [2.05, 4.69) is 37.9 Å². The van der Waals surface area contributed by atoms with Gasteiger partial charge in [0.25, 0.3) is 5.91 Å². The van der Waals surface area contributed by atoms with Crippen LogP contribution in [0.15, 0.2) is 36.8 Å². The number of carbonyl (C=O) groups excluding carboxylic acids is 1. The first-order valence-corrected chi connectivity index (χ1v) is 9.64. The summed E-state index contributed by atoms with van der Waals surface area (Å²) in [4.78, 5) is 32.5. The minimum absolute atomic E-state index is 0.0123. The predicted molar refractivity (Wildman–Crippen MR) is 104 cm³/mol. The Labute approximate surface area is 160 Å². The molecule has 0 saturated carbocycles. The van der Waals surface area contributed by atoms with Crippen LogP contribution >= 0.6 is 0 Å². The minimum Gasteiger partial charge on any atom is -0.355 e. The van der Waals surface area contributed by atoms with Gasteiger partial charge in [-0.15, -0.1) is 0 Å². The second-order valence-electron chi connectivity index (χ2n) is 7.48. The van der Waals surface area contributed by atoms with Gasteiger partial charge in [0.05, 0.1) is 12.4 Å². The smallest absolute Gasteiger partial charge is 0.274 e. The third-order valence-corrected chi connectivity index (χ3v) is 5.47. The van der Waals surface area contributed by atoms with Crippen molar-refractivity contribution in [2.75, 3.05) is 51.2 Å². The molecular weight excluding hydrogens is 340 g/mol. The Morgan fingerprint density at radius 2 is 2.00 bits per heavy atom. The van der Waals surface area contributed by atoms with E-state index in [1.807, 2.05) is 23.2 Å². The Balaban J connectivity index is 1.40. The third kappa shape index (κ3) is 4.24. The summed E-state index contributed by atoms with van der Waals surface area (Å²) < 4.78 is 0. The van der Waals surface area contributed by atoms with Crippen molar-refractivity contribution in [2.45, 2.75) is 12.8 Å². The van der Waals surface area contributed by atoms with Gasteiger partial charge in [0.15, 0.2) is 0 Å². The van der Waals surface area contributed by atoms with E-state index < -0.39 is 0 Å². The number of nitrogens with zero attached hydrogens (tertiary/aromatic N) is 6. The van der Waals surface area contributed by atoms with Crippen molar-refractivity contribution in [3.8, 4) is 0 Å². The number of pyridine rings is 1. The number of rotatable bonds is 4. The molecule has 2 aliphatic rings. The second kappa shape index (κ2) is 8.00. The summed E-state index contributed by atoms with van der Waals surface area (Å²) in [5.74, 6) is 1.35. The quantitative estimate of drug-likeness (QED) is 0.813. The zero-order valence-corrected chi connectivity index (χ0v) is 15.8. The molecule has 0 aromatic carbocycles. The first kappa shape index (κ1) is 17.9. The summed E-state index contributed by atoms with van der Waals surface area (Å²) in [7, 11) is 2.08. The van der Waals surface area contributed by atoms with Crippen molar-refractivity contribution in [3.63, 3.8) is 0 Å². The fourth-order valence-corrected chi connectivity index (χ4v) is 3.80. The monoisotopic (exact) mass is 366 g/mol. The van der Waals surface area contributed by atoms with Crippen LogP contribution in [0.4, 0.5) is 5.82 Å². The van der Waals surface area contributed by atoms with E-state index in [1.54, 1.807) is 12.4 Å². The Bertz CT molecular complexity index is 775. The van der Waals surface area contributed by atoms with Gasteiger partial charge < -0.3 is 14.7 Å². The van der Waals surface area contributed by atoms with Gasteiger partial charge in [-0.05, 0) is 37.9 Å². The van der Waals surface area contributed by atoms with E-state index >= 15 is 0 Å². The van der Waals surface area contributed by atoms with Gasteiger partial charge in [-0.3, -0.25) is 14.8 Å². The molecule has 1 amide bonds. The average Bonchev–Trinajstić information content (AvgIpc) is 3.17. The molecule has 0 radical (unpaired) electrons. The lowest BCUT2D eigenvalue weighted by Crippen LogP contribution is -2.47. The highest BCUT2D eigenvalue weighted by atomic mass is 16.2. The lowest BCUT2D eigenvalue weighted by atomic mass is 10.0. The first-order chi connectivity index (χ1) is 13.2. The minimum atomic E-state index is -0.0123. The molecule has 0 N–H and O–H groups in total. The molecule has 2 saturated heterocycles. The molecule has 1 atom stereocenters. The highest BCUT2D eigenvalue weighted by Gasteiger charge is 2.26. The molecule has 0 spiro atoms. The molecule has 4 heterocycles. The van der Waals surface area contributed by atoms with Gasteiger partial charge in [0.1, 0.15) is 11.5 Å². The number of hydrogen-bond acceptors (Lipinski definition) is 6. The summed E-state index contributed by atoms with van der Waals surface area (Å²) in [6.45, 7) is 5.17. The van der Waals surface area contributed by atoms with Gasteiger partial charge in [-0.2, -0.15) is 0 Å². The van der Waals surface area contributed by atoms with Crippen LogP contribution in [0.1, 0.15) is 22.6 Å². The van der Waals surface area contributed by atoms with E-state index in [9.17, 15) is 4.79 Å². The van der Waals surface area contributed by atoms with Crippen molar-refractivity contribution in [1.82, 2.24) is 24.8 Å². The van der Waals surface area contributed by atoms with E-state index in [0.29, 0.717) is 11.6 Å². The summed E-state index contributed by atoms with van der Waals surface area (Å²) in [6, 6.07) is 6.06. The lowest BCUT2D eigenvalue weighted by molar-refractivity contribution is 0.0658. The zero-order chi connectivity index (χ0) is 18.6. The number of hydrogen-bond donors (Lipinski definition) is 0. The fraction of sp³-hybridized carbons (Fsp3) is 0.500. The number of carbonyl (C=O) groups is 1. The van der Waals surface area contributed by atoms with Crippen molar-refractivity contribution in [2.24, 2.45) is 5.92 Å².